The van der Waals surface area contributed by atoms with E-state index < -0.39 is 29.3 Å². The van der Waals surface area contributed by atoms with E-state index in [0.29, 0.717) is 31.2 Å². The highest BCUT2D eigenvalue weighted by molar-refractivity contribution is 5.79. The number of halogens is 2. The normalized spacial score (nSPS) is 16.8. The van der Waals surface area contributed by atoms with Gasteiger partial charge < -0.3 is 20.5 Å². The minimum atomic E-state index is -1.02. The first kappa shape index (κ1) is 30.3. The van der Waals surface area contributed by atoms with Crippen molar-refractivity contribution in [2.24, 2.45) is 0 Å². The molecule has 1 aliphatic carbocycles. The standard InChI is InChI=1S/C28H36F2N2O3.CH2O/c1-18(33)32-25(14-19-12-22(29)16-23(30)13-19)26(35)17-31-28(10-8-24(34)9-11-28)21-7-5-6-20(15-21)27(2,3)4;1-2/h5-7,12-13,15-16,25-26,31,35H,8-11,14,17H2,1-4H3,(H,32,33);1H2/t25-,26+;/m0./s1. The van der Waals surface area contributed by atoms with Crippen molar-refractivity contribution >= 4 is 18.5 Å². The Morgan fingerprint density at radius 2 is 1.68 bits per heavy atom. The lowest BCUT2D eigenvalue weighted by Crippen LogP contribution is -2.53. The van der Waals surface area contributed by atoms with Crippen molar-refractivity contribution in [3.8, 4) is 0 Å². The molecule has 1 aliphatic rings. The molecule has 0 heterocycles. The van der Waals surface area contributed by atoms with Crippen molar-refractivity contribution in [3.05, 3.63) is 70.8 Å². The molecule has 1 amide bonds. The van der Waals surface area contributed by atoms with Gasteiger partial charge in [-0.05, 0) is 53.5 Å². The second-order valence-electron chi connectivity index (χ2n) is 10.7. The average molecular weight is 517 g/mol. The molecule has 0 aromatic heterocycles. The Balaban J connectivity index is 0.00000235. The van der Waals surface area contributed by atoms with Gasteiger partial charge in [0.1, 0.15) is 24.2 Å². The number of hydrogen-bond donors (Lipinski definition) is 3. The van der Waals surface area contributed by atoms with E-state index >= 15 is 0 Å². The van der Waals surface area contributed by atoms with Gasteiger partial charge in [0.25, 0.3) is 0 Å². The summed E-state index contributed by atoms with van der Waals surface area (Å²) in [4.78, 5) is 31.9. The fourth-order valence-corrected chi connectivity index (χ4v) is 4.78. The molecule has 202 valence electrons. The maximum Gasteiger partial charge on any atom is 0.217 e. The minimum Gasteiger partial charge on any atom is -0.390 e. The number of ketones is 1. The molecule has 0 spiro atoms. The van der Waals surface area contributed by atoms with E-state index in [1.807, 2.05) is 18.9 Å². The molecule has 2 atom stereocenters. The predicted octanol–water partition coefficient (Wildman–Crippen LogP) is 4.11. The fraction of sp³-hybridized carbons (Fsp3) is 0.483. The molecule has 0 bridgehead atoms. The predicted molar refractivity (Wildman–Crippen MR) is 139 cm³/mol. The summed E-state index contributed by atoms with van der Waals surface area (Å²) in [5, 5.41) is 17.3. The van der Waals surface area contributed by atoms with Crippen molar-refractivity contribution in [1.29, 1.82) is 0 Å². The number of benzene rings is 2. The van der Waals surface area contributed by atoms with E-state index in [0.717, 1.165) is 11.6 Å². The van der Waals surface area contributed by atoms with Gasteiger partial charge in [-0.3, -0.25) is 9.59 Å². The smallest absolute Gasteiger partial charge is 0.217 e. The summed E-state index contributed by atoms with van der Waals surface area (Å²) in [6, 6.07) is 10.8. The van der Waals surface area contributed by atoms with E-state index in [4.69, 9.17) is 4.79 Å². The molecule has 3 rings (SSSR count). The van der Waals surface area contributed by atoms with Crippen LogP contribution in [0.1, 0.15) is 70.1 Å². The summed E-state index contributed by atoms with van der Waals surface area (Å²) in [5.74, 6) is -1.54. The summed E-state index contributed by atoms with van der Waals surface area (Å²) in [6.45, 7) is 9.91. The molecule has 6 nitrogen and oxygen atoms in total. The highest BCUT2D eigenvalue weighted by atomic mass is 19.1. The number of rotatable bonds is 8. The summed E-state index contributed by atoms with van der Waals surface area (Å²) in [7, 11) is 0. The number of Topliss-reactive ketones (excluding diaryl/α,β-unsaturated/α-hetero) is 1. The molecule has 3 N–H and O–H groups in total. The Hall–Kier alpha value is -2.97. The van der Waals surface area contributed by atoms with Crippen molar-refractivity contribution in [2.75, 3.05) is 6.54 Å². The van der Waals surface area contributed by atoms with Crippen molar-refractivity contribution in [2.45, 2.75) is 82.9 Å². The quantitative estimate of drug-likeness (QED) is 0.491. The summed E-state index contributed by atoms with van der Waals surface area (Å²) < 4.78 is 27.4. The third-order valence-electron chi connectivity index (χ3n) is 6.82. The zero-order valence-corrected chi connectivity index (χ0v) is 22.1. The molecule has 1 saturated carbocycles. The molecule has 37 heavy (non-hydrogen) atoms. The number of aliphatic hydroxyl groups excluding tert-OH is 1. The lowest BCUT2D eigenvalue weighted by atomic mass is 9.74. The van der Waals surface area contributed by atoms with Gasteiger partial charge in [-0.1, -0.05) is 45.0 Å². The number of hydrogen-bond acceptors (Lipinski definition) is 5. The van der Waals surface area contributed by atoms with Crippen LogP contribution in [0.15, 0.2) is 42.5 Å². The van der Waals surface area contributed by atoms with Crippen LogP contribution in [0, 0.1) is 11.6 Å². The first-order valence-corrected chi connectivity index (χ1v) is 12.4. The van der Waals surface area contributed by atoms with Gasteiger partial charge in [0.2, 0.25) is 5.91 Å². The van der Waals surface area contributed by atoms with Crippen molar-refractivity contribution in [1.82, 2.24) is 10.6 Å². The fourth-order valence-electron chi connectivity index (χ4n) is 4.78. The van der Waals surface area contributed by atoms with E-state index in [2.05, 4.69) is 43.5 Å². The van der Waals surface area contributed by atoms with E-state index in [-0.39, 0.29) is 30.1 Å². The lowest BCUT2D eigenvalue weighted by Gasteiger charge is -2.40. The Morgan fingerprint density at radius 3 is 2.22 bits per heavy atom. The zero-order valence-electron chi connectivity index (χ0n) is 22.1. The van der Waals surface area contributed by atoms with Crippen molar-refractivity contribution in [3.63, 3.8) is 0 Å². The average Bonchev–Trinajstić information content (AvgIpc) is 2.83. The van der Waals surface area contributed by atoms with Gasteiger partial charge in [0, 0.05) is 37.9 Å². The summed E-state index contributed by atoms with van der Waals surface area (Å²) in [6.07, 6.45) is 1.15. The third-order valence-corrected chi connectivity index (χ3v) is 6.82. The molecule has 0 unspecified atom stereocenters. The van der Waals surface area contributed by atoms with E-state index in [1.165, 1.54) is 24.6 Å². The first-order chi connectivity index (χ1) is 17.4. The van der Waals surface area contributed by atoms with Crippen LogP contribution in [0.25, 0.3) is 0 Å². The maximum atomic E-state index is 13.7. The second-order valence-corrected chi connectivity index (χ2v) is 10.7. The molecular formula is C29H38F2N2O4. The van der Waals surface area contributed by atoms with Crippen LogP contribution in [-0.2, 0) is 31.8 Å². The Labute approximate surface area is 217 Å². The SMILES string of the molecule is C=O.CC(=O)N[C@@H](Cc1cc(F)cc(F)c1)[C@H](O)CNC1(c2cccc(C(C)(C)C)c2)CCC(=O)CC1. The minimum absolute atomic E-state index is 0.0437. The van der Waals surface area contributed by atoms with Gasteiger partial charge in [-0.15, -0.1) is 0 Å². The summed E-state index contributed by atoms with van der Waals surface area (Å²) in [5.41, 5.74) is 2.04. The highest BCUT2D eigenvalue weighted by Crippen LogP contribution is 2.37. The van der Waals surface area contributed by atoms with Gasteiger partial charge in [-0.25, -0.2) is 8.78 Å². The molecule has 0 aliphatic heterocycles. The van der Waals surface area contributed by atoms with Crippen LogP contribution in [0.2, 0.25) is 0 Å². The zero-order chi connectivity index (χ0) is 27.8. The topological polar surface area (TPSA) is 95.5 Å². The first-order valence-electron chi connectivity index (χ1n) is 12.4. The van der Waals surface area contributed by atoms with E-state index in [9.17, 15) is 23.5 Å². The lowest BCUT2D eigenvalue weighted by molar-refractivity contribution is -0.122. The third kappa shape index (κ3) is 8.54. The Morgan fingerprint density at radius 1 is 1.08 bits per heavy atom. The van der Waals surface area contributed by atoms with Gasteiger partial charge >= 0.3 is 0 Å². The number of carbonyl (C=O) groups excluding carboxylic acids is 3. The number of amides is 1. The summed E-state index contributed by atoms with van der Waals surface area (Å²) >= 11 is 0. The molecule has 1 fully saturated rings. The molecule has 8 heteroatoms. The van der Waals surface area contributed by atoms with Crippen LogP contribution in [-0.4, -0.2) is 42.3 Å². The monoisotopic (exact) mass is 516 g/mol. The Kier molecular flexibility index (Phi) is 10.6. The number of aliphatic hydroxyl groups is 1. The van der Waals surface area contributed by atoms with Gasteiger partial charge in [0.15, 0.2) is 0 Å². The molecule has 2 aromatic rings. The molecule has 0 saturated heterocycles. The largest absolute Gasteiger partial charge is 0.390 e. The van der Waals surface area contributed by atoms with Crippen LogP contribution in [0.5, 0.6) is 0 Å². The number of carbonyl (C=O) groups is 3. The van der Waals surface area contributed by atoms with Gasteiger partial charge in [0.05, 0.1) is 12.1 Å². The van der Waals surface area contributed by atoms with E-state index in [1.54, 1.807) is 0 Å². The van der Waals surface area contributed by atoms with Crippen LogP contribution >= 0.6 is 0 Å². The molecule has 2 aromatic carbocycles. The highest BCUT2D eigenvalue weighted by Gasteiger charge is 2.37. The number of nitrogens with one attached hydrogen (secondary N) is 2. The van der Waals surface area contributed by atoms with Crippen LogP contribution in [0.3, 0.4) is 0 Å². The second kappa shape index (κ2) is 13.0. The maximum absolute atomic E-state index is 13.7. The molecular weight excluding hydrogens is 478 g/mol. The van der Waals surface area contributed by atoms with Crippen LogP contribution in [0.4, 0.5) is 8.78 Å². The van der Waals surface area contributed by atoms with Crippen LogP contribution < -0.4 is 10.6 Å². The van der Waals surface area contributed by atoms with Gasteiger partial charge in [-0.2, -0.15) is 0 Å². The molecule has 0 radical (unpaired) electrons. The van der Waals surface area contributed by atoms with Crippen molar-refractivity contribution < 1.29 is 28.3 Å². The Bertz CT molecular complexity index is 1050.